The molecule has 0 aromatic heterocycles. The highest BCUT2D eigenvalue weighted by molar-refractivity contribution is 5.25. The number of unbranched alkanes of at least 4 members (excludes halogenated alkanes) is 1. The molecule has 82 valence electrons. The van der Waals surface area contributed by atoms with E-state index in [4.69, 9.17) is 0 Å². The summed E-state index contributed by atoms with van der Waals surface area (Å²) in [5.74, 6) is 0.687. The molecule has 0 bridgehead atoms. The second-order valence-corrected chi connectivity index (χ2v) is 4.23. The predicted octanol–water partition coefficient (Wildman–Crippen LogP) is 4.71. The topological polar surface area (TPSA) is 0 Å². The number of benzene rings is 1. The minimum atomic E-state index is 0.687. The first kappa shape index (κ1) is 12.0. The van der Waals surface area contributed by atoms with E-state index in [1.165, 1.54) is 30.4 Å². The molecular formula is C15H22. The van der Waals surface area contributed by atoms with Crippen molar-refractivity contribution in [3.05, 3.63) is 48.0 Å². The van der Waals surface area contributed by atoms with Crippen molar-refractivity contribution in [3.8, 4) is 0 Å². The molecule has 0 nitrogen and oxygen atoms in total. The molecule has 0 saturated carbocycles. The lowest BCUT2D eigenvalue weighted by molar-refractivity contribution is 0.732. The van der Waals surface area contributed by atoms with Crippen molar-refractivity contribution in [2.24, 2.45) is 0 Å². The normalized spacial score (nSPS) is 12.4. The third-order valence-electron chi connectivity index (χ3n) is 3.03. The van der Waals surface area contributed by atoms with Crippen LogP contribution in [0.25, 0.3) is 0 Å². The summed E-state index contributed by atoms with van der Waals surface area (Å²) in [7, 11) is 0. The molecule has 0 heteroatoms. The van der Waals surface area contributed by atoms with E-state index < -0.39 is 0 Å². The lowest BCUT2D eigenvalue weighted by Gasteiger charge is -2.09. The van der Waals surface area contributed by atoms with Gasteiger partial charge in [0.25, 0.3) is 0 Å². The zero-order valence-corrected chi connectivity index (χ0v) is 10.00. The van der Waals surface area contributed by atoms with E-state index in [-0.39, 0.29) is 0 Å². The number of aryl methyl sites for hydroxylation is 1. The molecule has 15 heavy (non-hydrogen) atoms. The fourth-order valence-corrected chi connectivity index (χ4v) is 1.70. The Labute approximate surface area is 94.0 Å². The van der Waals surface area contributed by atoms with E-state index in [1.54, 1.807) is 0 Å². The lowest BCUT2D eigenvalue weighted by Crippen LogP contribution is -1.92. The van der Waals surface area contributed by atoms with Crippen LogP contribution in [-0.2, 0) is 6.42 Å². The Bertz CT molecular complexity index is 281. The van der Waals surface area contributed by atoms with E-state index in [0.29, 0.717) is 5.92 Å². The quantitative estimate of drug-likeness (QED) is 0.463. The van der Waals surface area contributed by atoms with Crippen molar-refractivity contribution in [3.63, 3.8) is 0 Å². The van der Waals surface area contributed by atoms with Gasteiger partial charge in [-0.2, -0.15) is 0 Å². The van der Waals surface area contributed by atoms with Gasteiger partial charge in [0.1, 0.15) is 0 Å². The molecule has 0 saturated heterocycles. The molecule has 0 aliphatic rings. The SMILES string of the molecule is C=CCCCc1ccc(C(C)CC)cc1. The van der Waals surface area contributed by atoms with Gasteiger partial charge >= 0.3 is 0 Å². The molecule has 1 atom stereocenters. The van der Waals surface area contributed by atoms with Crippen molar-refractivity contribution in [1.29, 1.82) is 0 Å². The molecule has 0 aliphatic heterocycles. The summed E-state index contributed by atoms with van der Waals surface area (Å²) in [5.41, 5.74) is 2.91. The minimum absolute atomic E-state index is 0.687. The Morgan fingerprint density at radius 1 is 1.27 bits per heavy atom. The summed E-state index contributed by atoms with van der Waals surface area (Å²) < 4.78 is 0. The van der Waals surface area contributed by atoms with E-state index in [2.05, 4.69) is 44.7 Å². The van der Waals surface area contributed by atoms with Crippen LogP contribution in [0.3, 0.4) is 0 Å². The average molecular weight is 202 g/mol. The Kier molecular flexibility index (Phi) is 5.17. The highest BCUT2D eigenvalue weighted by Crippen LogP contribution is 2.19. The highest BCUT2D eigenvalue weighted by Gasteiger charge is 2.01. The van der Waals surface area contributed by atoms with Gasteiger partial charge in [-0.1, -0.05) is 44.2 Å². The van der Waals surface area contributed by atoms with Gasteiger partial charge in [-0.25, -0.2) is 0 Å². The standard InChI is InChI=1S/C15H22/c1-4-6-7-8-14-9-11-15(12-10-14)13(3)5-2/h4,9-13H,1,5-8H2,2-3H3. The third-order valence-corrected chi connectivity index (χ3v) is 3.03. The molecule has 0 amide bonds. The molecule has 0 heterocycles. The Morgan fingerprint density at radius 3 is 2.47 bits per heavy atom. The predicted molar refractivity (Wildman–Crippen MR) is 68.3 cm³/mol. The van der Waals surface area contributed by atoms with Crippen LogP contribution in [-0.4, -0.2) is 0 Å². The first-order valence-electron chi connectivity index (χ1n) is 5.97. The molecule has 1 unspecified atom stereocenters. The van der Waals surface area contributed by atoms with E-state index in [9.17, 15) is 0 Å². The fourth-order valence-electron chi connectivity index (χ4n) is 1.70. The third kappa shape index (κ3) is 3.91. The lowest BCUT2D eigenvalue weighted by atomic mass is 9.96. The van der Waals surface area contributed by atoms with Crippen LogP contribution in [0, 0.1) is 0 Å². The number of rotatable bonds is 6. The zero-order valence-electron chi connectivity index (χ0n) is 10.00. The van der Waals surface area contributed by atoms with Gasteiger partial charge < -0.3 is 0 Å². The number of hydrogen-bond donors (Lipinski definition) is 0. The van der Waals surface area contributed by atoms with E-state index >= 15 is 0 Å². The Morgan fingerprint density at radius 2 is 1.93 bits per heavy atom. The fraction of sp³-hybridized carbons (Fsp3) is 0.467. The van der Waals surface area contributed by atoms with Crippen LogP contribution in [0.2, 0.25) is 0 Å². The second-order valence-electron chi connectivity index (χ2n) is 4.23. The van der Waals surface area contributed by atoms with Crippen LogP contribution < -0.4 is 0 Å². The molecule has 0 radical (unpaired) electrons. The van der Waals surface area contributed by atoms with Crippen LogP contribution in [0.15, 0.2) is 36.9 Å². The van der Waals surface area contributed by atoms with E-state index in [0.717, 1.165) is 6.42 Å². The minimum Gasteiger partial charge on any atom is -0.103 e. The first-order valence-corrected chi connectivity index (χ1v) is 5.97. The molecule has 1 aromatic rings. The summed E-state index contributed by atoms with van der Waals surface area (Å²) >= 11 is 0. The van der Waals surface area contributed by atoms with Crippen molar-refractivity contribution in [1.82, 2.24) is 0 Å². The summed E-state index contributed by atoms with van der Waals surface area (Å²) in [5, 5.41) is 0. The first-order chi connectivity index (χ1) is 7.27. The largest absolute Gasteiger partial charge is 0.103 e. The van der Waals surface area contributed by atoms with Gasteiger partial charge in [0.15, 0.2) is 0 Å². The van der Waals surface area contributed by atoms with Crippen LogP contribution in [0.4, 0.5) is 0 Å². The van der Waals surface area contributed by atoms with Gasteiger partial charge in [-0.15, -0.1) is 6.58 Å². The van der Waals surface area contributed by atoms with Crippen LogP contribution in [0.1, 0.15) is 50.2 Å². The molecule has 1 rings (SSSR count). The van der Waals surface area contributed by atoms with Gasteiger partial charge in [0, 0.05) is 0 Å². The summed E-state index contributed by atoms with van der Waals surface area (Å²) in [4.78, 5) is 0. The highest BCUT2D eigenvalue weighted by atomic mass is 14.1. The number of hydrogen-bond acceptors (Lipinski definition) is 0. The maximum atomic E-state index is 3.74. The monoisotopic (exact) mass is 202 g/mol. The van der Waals surface area contributed by atoms with Crippen molar-refractivity contribution < 1.29 is 0 Å². The second kappa shape index (κ2) is 6.44. The molecule has 0 fully saturated rings. The molecule has 1 aromatic carbocycles. The summed E-state index contributed by atoms with van der Waals surface area (Å²) in [6.07, 6.45) is 6.72. The Balaban J connectivity index is 2.52. The summed E-state index contributed by atoms with van der Waals surface area (Å²) in [6, 6.07) is 9.09. The molecule has 0 spiro atoms. The smallest absolute Gasteiger partial charge is 0.0193 e. The molecule has 0 N–H and O–H groups in total. The van der Waals surface area contributed by atoms with Crippen molar-refractivity contribution in [2.75, 3.05) is 0 Å². The zero-order chi connectivity index (χ0) is 11.1. The maximum absolute atomic E-state index is 3.74. The van der Waals surface area contributed by atoms with Gasteiger partial charge in [-0.05, 0) is 42.7 Å². The molecular weight excluding hydrogens is 180 g/mol. The summed E-state index contributed by atoms with van der Waals surface area (Å²) in [6.45, 7) is 8.26. The number of allylic oxidation sites excluding steroid dienone is 1. The van der Waals surface area contributed by atoms with Gasteiger partial charge in [0.05, 0.1) is 0 Å². The average Bonchev–Trinajstić information content (AvgIpc) is 2.29. The van der Waals surface area contributed by atoms with Gasteiger partial charge in [-0.3, -0.25) is 0 Å². The molecule has 0 aliphatic carbocycles. The van der Waals surface area contributed by atoms with Crippen LogP contribution in [0.5, 0.6) is 0 Å². The Hall–Kier alpha value is -1.04. The van der Waals surface area contributed by atoms with Crippen LogP contribution >= 0.6 is 0 Å². The van der Waals surface area contributed by atoms with Gasteiger partial charge in [0.2, 0.25) is 0 Å². The van der Waals surface area contributed by atoms with E-state index in [1.807, 2.05) is 6.08 Å². The van der Waals surface area contributed by atoms with Crippen molar-refractivity contribution in [2.45, 2.75) is 45.4 Å². The maximum Gasteiger partial charge on any atom is -0.0193 e. The van der Waals surface area contributed by atoms with Crippen molar-refractivity contribution >= 4 is 0 Å².